The number of ether oxygens (including phenoxy) is 2. The molecule has 0 atom stereocenters. The van der Waals surface area contributed by atoms with Crippen LogP contribution >= 0.6 is 0 Å². The van der Waals surface area contributed by atoms with Crippen LogP contribution in [-0.2, 0) is 24.0 Å². The Kier molecular flexibility index (Phi) is 6.89. The second kappa shape index (κ2) is 9.70. The zero-order chi connectivity index (χ0) is 24.5. The van der Waals surface area contributed by atoms with Crippen molar-refractivity contribution in [1.82, 2.24) is 4.90 Å². The van der Waals surface area contributed by atoms with Crippen LogP contribution < -0.4 is 9.47 Å². The summed E-state index contributed by atoms with van der Waals surface area (Å²) in [6.45, 7) is 5.82. The van der Waals surface area contributed by atoms with Crippen LogP contribution in [0.5, 0.6) is 11.5 Å². The second-order valence-corrected chi connectivity index (χ2v) is 8.82. The lowest BCUT2D eigenvalue weighted by atomic mass is 9.85. The molecule has 8 heteroatoms. The van der Waals surface area contributed by atoms with Crippen LogP contribution in [0.2, 0.25) is 0 Å². The van der Waals surface area contributed by atoms with Crippen molar-refractivity contribution in [3.63, 3.8) is 0 Å². The zero-order valence-electron chi connectivity index (χ0n) is 19.2. The fourth-order valence-electron chi connectivity index (χ4n) is 4.58. The number of carboxylic acids is 1. The van der Waals surface area contributed by atoms with Crippen molar-refractivity contribution < 1.29 is 32.5 Å². The van der Waals surface area contributed by atoms with Crippen LogP contribution in [0.25, 0.3) is 5.57 Å². The lowest BCUT2D eigenvalue weighted by Crippen LogP contribution is -2.50. The Morgan fingerprint density at radius 1 is 1.09 bits per heavy atom. The molecule has 34 heavy (non-hydrogen) atoms. The van der Waals surface area contributed by atoms with E-state index in [0.29, 0.717) is 25.4 Å². The van der Waals surface area contributed by atoms with Gasteiger partial charge in [-0.25, -0.2) is 0 Å². The molecule has 0 saturated carbocycles. The minimum Gasteiger partial charge on any atom is -0.494 e. The number of rotatable bonds is 8. The Hall–Kier alpha value is -3.00. The van der Waals surface area contributed by atoms with Crippen molar-refractivity contribution in [3.8, 4) is 11.5 Å². The third-order valence-electron chi connectivity index (χ3n) is 6.52. The first-order chi connectivity index (χ1) is 16.2. The third-order valence-corrected chi connectivity index (χ3v) is 6.52. The molecule has 1 N–H and O–H groups in total. The number of carbonyl (C=O) groups is 1. The monoisotopic (exact) mass is 475 g/mol. The highest BCUT2D eigenvalue weighted by Crippen LogP contribution is 2.37. The van der Waals surface area contributed by atoms with E-state index in [1.807, 2.05) is 12.1 Å². The van der Waals surface area contributed by atoms with Crippen molar-refractivity contribution in [2.75, 3.05) is 26.2 Å². The van der Waals surface area contributed by atoms with Crippen LogP contribution in [0, 0.1) is 5.92 Å². The molecule has 0 amide bonds. The number of allylic oxidation sites excluding steroid dienone is 1. The lowest BCUT2D eigenvalue weighted by molar-refractivity contribution is -0.147. The number of aryl methyl sites for hydroxylation is 1. The Morgan fingerprint density at radius 2 is 1.79 bits per heavy atom. The van der Waals surface area contributed by atoms with E-state index < -0.39 is 17.7 Å². The summed E-state index contributed by atoms with van der Waals surface area (Å²) in [5, 5.41) is 9.06. The molecule has 1 fully saturated rings. The molecule has 2 aromatic rings. The van der Waals surface area contributed by atoms with Gasteiger partial charge in [0.15, 0.2) is 0 Å². The number of hydrogen-bond donors (Lipinski definition) is 1. The van der Waals surface area contributed by atoms with Gasteiger partial charge < -0.3 is 14.6 Å². The number of hydrogen-bond acceptors (Lipinski definition) is 4. The molecule has 2 aliphatic rings. The second-order valence-electron chi connectivity index (χ2n) is 8.82. The van der Waals surface area contributed by atoms with Gasteiger partial charge in [-0.3, -0.25) is 9.69 Å². The standard InChI is InChI=1S/C26H28F3NO4/c1-3-33-22-7-6-19(24(11-22)26(27,28)29)15-34-21-8-9-23-16(2)18(5-4-17(23)10-21)12-30-13-20(14-30)25(31)32/h6-11,20H,3-5,12-15H2,1-2H3,(H,31,32). The molecule has 1 aliphatic carbocycles. The number of aliphatic carboxylic acids is 1. The van der Waals surface area contributed by atoms with Gasteiger partial charge in [-0.1, -0.05) is 17.7 Å². The van der Waals surface area contributed by atoms with E-state index in [9.17, 15) is 18.0 Å². The molecule has 1 saturated heterocycles. The van der Waals surface area contributed by atoms with Crippen LogP contribution in [0.4, 0.5) is 13.2 Å². The summed E-state index contributed by atoms with van der Waals surface area (Å²) >= 11 is 0. The minimum absolute atomic E-state index is 0.0567. The summed E-state index contributed by atoms with van der Waals surface area (Å²) in [5.41, 5.74) is 4.00. The Labute approximate surface area is 196 Å². The molecular formula is C26H28F3NO4. The first kappa shape index (κ1) is 24.1. The number of nitrogens with zero attached hydrogens (tertiary/aromatic N) is 1. The summed E-state index contributed by atoms with van der Waals surface area (Å²) in [7, 11) is 0. The van der Waals surface area contributed by atoms with Gasteiger partial charge in [0, 0.05) is 25.2 Å². The average molecular weight is 476 g/mol. The zero-order valence-corrected chi connectivity index (χ0v) is 19.2. The molecule has 182 valence electrons. The van der Waals surface area contributed by atoms with Gasteiger partial charge in [0.1, 0.15) is 18.1 Å². The fourth-order valence-corrected chi connectivity index (χ4v) is 4.58. The third kappa shape index (κ3) is 5.22. The molecule has 0 aromatic heterocycles. The highest BCUT2D eigenvalue weighted by Gasteiger charge is 2.34. The summed E-state index contributed by atoms with van der Waals surface area (Å²) in [6, 6.07) is 9.59. The molecule has 1 heterocycles. The summed E-state index contributed by atoms with van der Waals surface area (Å²) in [4.78, 5) is 13.2. The van der Waals surface area contributed by atoms with Gasteiger partial charge in [0.05, 0.1) is 18.1 Å². The van der Waals surface area contributed by atoms with Crippen LogP contribution in [-0.4, -0.2) is 42.2 Å². The maximum absolute atomic E-state index is 13.5. The van der Waals surface area contributed by atoms with Crippen molar-refractivity contribution >= 4 is 11.5 Å². The van der Waals surface area contributed by atoms with Crippen LogP contribution in [0.1, 0.15) is 42.5 Å². The average Bonchev–Trinajstić information content (AvgIpc) is 2.75. The van der Waals surface area contributed by atoms with Crippen molar-refractivity contribution in [2.24, 2.45) is 5.92 Å². The normalized spacial score (nSPS) is 16.7. The number of carboxylic acid groups (broad SMARTS) is 1. The highest BCUT2D eigenvalue weighted by atomic mass is 19.4. The Balaban J connectivity index is 1.45. The Bertz CT molecular complexity index is 1100. The van der Waals surface area contributed by atoms with Gasteiger partial charge in [-0.2, -0.15) is 13.2 Å². The van der Waals surface area contributed by atoms with E-state index in [-0.39, 0.29) is 23.8 Å². The molecule has 4 rings (SSSR count). The number of alkyl halides is 3. The maximum Gasteiger partial charge on any atom is 0.416 e. The number of likely N-dealkylation sites (tertiary alicyclic amines) is 1. The topological polar surface area (TPSA) is 59.0 Å². The first-order valence-corrected chi connectivity index (χ1v) is 11.4. The van der Waals surface area contributed by atoms with Crippen molar-refractivity contribution in [1.29, 1.82) is 0 Å². The number of benzene rings is 2. The van der Waals surface area contributed by atoms with E-state index in [2.05, 4.69) is 11.8 Å². The van der Waals surface area contributed by atoms with Crippen molar-refractivity contribution in [2.45, 2.75) is 39.5 Å². The Morgan fingerprint density at radius 3 is 2.47 bits per heavy atom. The van der Waals surface area contributed by atoms with Gasteiger partial charge in [0.2, 0.25) is 0 Å². The fraction of sp³-hybridized carbons (Fsp3) is 0.423. The van der Waals surface area contributed by atoms with E-state index in [0.717, 1.165) is 36.6 Å². The van der Waals surface area contributed by atoms with Gasteiger partial charge >= 0.3 is 12.1 Å². The SMILES string of the molecule is CCOc1ccc(COc2ccc3c(c2)CCC(CN2CC(C(=O)O)C2)=C3C)c(C(F)(F)F)c1. The molecule has 0 bridgehead atoms. The summed E-state index contributed by atoms with van der Waals surface area (Å²) < 4.78 is 51.6. The minimum atomic E-state index is -4.50. The molecule has 0 spiro atoms. The lowest BCUT2D eigenvalue weighted by Gasteiger charge is -2.38. The van der Waals surface area contributed by atoms with E-state index in [1.54, 1.807) is 13.0 Å². The summed E-state index contributed by atoms with van der Waals surface area (Å²) in [6.07, 6.45) is -2.82. The molecule has 0 unspecified atom stereocenters. The largest absolute Gasteiger partial charge is 0.494 e. The quantitative estimate of drug-likeness (QED) is 0.553. The molecule has 0 radical (unpaired) electrons. The van der Waals surface area contributed by atoms with Gasteiger partial charge in [0.25, 0.3) is 0 Å². The molecule has 1 aliphatic heterocycles. The first-order valence-electron chi connectivity index (χ1n) is 11.4. The molecule has 5 nitrogen and oxygen atoms in total. The van der Waals surface area contributed by atoms with Gasteiger partial charge in [-0.15, -0.1) is 0 Å². The van der Waals surface area contributed by atoms with Crippen LogP contribution in [0.3, 0.4) is 0 Å². The number of halogens is 3. The number of fused-ring (bicyclic) bond motifs is 1. The molecular weight excluding hydrogens is 447 g/mol. The van der Waals surface area contributed by atoms with E-state index in [1.165, 1.54) is 23.3 Å². The van der Waals surface area contributed by atoms with Crippen LogP contribution in [0.15, 0.2) is 42.0 Å². The predicted octanol–water partition coefficient (Wildman–Crippen LogP) is 5.42. The van der Waals surface area contributed by atoms with Crippen molar-refractivity contribution in [3.05, 3.63) is 64.2 Å². The summed E-state index contributed by atoms with van der Waals surface area (Å²) in [5.74, 6) is -0.299. The smallest absolute Gasteiger partial charge is 0.416 e. The highest BCUT2D eigenvalue weighted by molar-refractivity contribution is 5.73. The predicted molar refractivity (Wildman–Crippen MR) is 122 cm³/mol. The van der Waals surface area contributed by atoms with E-state index in [4.69, 9.17) is 14.6 Å². The van der Waals surface area contributed by atoms with Gasteiger partial charge in [-0.05, 0) is 67.7 Å². The molecule has 2 aromatic carbocycles. The van der Waals surface area contributed by atoms with E-state index >= 15 is 0 Å². The maximum atomic E-state index is 13.5.